The third-order valence-corrected chi connectivity index (χ3v) is 1.99. The Kier molecular flexibility index (Phi) is 2.15. The number of thiol groups is 1. The first-order valence-corrected chi connectivity index (χ1v) is 3.40. The van der Waals surface area contributed by atoms with Gasteiger partial charge in [-0.25, -0.2) is 0 Å². The van der Waals surface area contributed by atoms with Gasteiger partial charge in [-0.05, 0) is 6.42 Å². The van der Waals surface area contributed by atoms with E-state index in [-0.39, 0.29) is 13.0 Å². The van der Waals surface area contributed by atoms with Crippen LogP contribution in [0.4, 0.5) is 13.2 Å². The fourth-order valence-electron chi connectivity index (χ4n) is 1.01. The highest BCUT2D eigenvalue weighted by Gasteiger charge is 2.42. The normalized spacial score (nSPS) is 29.4. The van der Waals surface area contributed by atoms with E-state index in [0.717, 1.165) is 0 Å². The molecule has 0 saturated carbocycles. The molecular formula is C5H8F3NS. The van der Waals surface area contributed by atoms with Crippen LogP contribution in [-0.2, 0) is 0 Å². The van der Waals surface area contributed by atoms with Crippen LogP contribution in [0.2, 0.25) is 0 Å². The third-order valence-electron chi connectivity index (χ3n) is 1.63. The molecule has 0 spiro atoms. The maximum atomic E-state index is 11.9. The Labute approximate surface area is 62.7 Å². The lowest BCUT2D eigenvalue weighted by Gasteiger charge is -2.13. The quantitative estimate of drug-likeness (QED) is 0.543. The summed E-state index contributed by atoms with van der Waals surface area (Å²) in [4.78, 5) is 0. The van der Waals surface area contributed by atoms with Crippen LogP contribution < -0.4 is 0 Å². The van der Waals surface area contributed by atoms with Gasteiger partial charge in [-0.1, -0.05) is 12.8 Å². The topological polar surface area (TPSA) is 3.24 Å². The minimum Gasteiger partial charge on any atom is -0.253 e. The van der Waals surface area contributed by atoms with Crippen LogP contribution in [0.15, 0.2) is 0 Å². The van der Waals surface area contributed by atoms with Crippen molar-refractivity contribution in [1.29, 1.82) is 0 Å². The summed E-state index contributed by atoms with van der Waals surface area (Å²) in [6, 6.07) is 0. The lowest BCUT2D eigenvalue weighted by molar-refractivity contribution is -0.169. The van der Waals surface area contributed by atoms with E-state index in [1.54, 1.807) is 0 Å². The first-order chi connectivity index (χ1) is 4.50. The largest absolute Gasteiger partial charge is 0.393 e. The van der Waals surface area contributed by atoms with Gasteiger partial charge in [0.1, 0.15) is 0 Å². The first kappa shape index (κ1) is 8.20. The van der Waals surface area contributed by atoms with Crippen molar-refractivity contribution < 1.29 is 13.2 Å². The van der Waals surface area contributed by atoms with Gasteiger partial charge in [-0.2, -0.15) is 13.2 Å². The zero-order valence-electron chi connectivity index (χ0n) is 5.23. The van der Waals surface area contributed by atoms with Crippen LogP contribution >= 0.6 is 12.8 Å². The molecule has 1 saturated heterocycles. The Bertz CT molecular complexity index is 125. The molecule has 1 aliphatic heterocycles. The van der Waals surface area contributed by atoms with Gasteiger partial charge < -0.3 is 0 Å². The summed E-state index contributed by atoms with van der Waals surface area (Å²) in [6.45, 7) is 0.472. The van der Waals surface area contributed by atoms with Gasteiger partial charge in [-0.3, -0.25) is 4.31 Å². The van der Waals surface area contributed by atoms with Crippen molar-refractivity contribution >= 4 is 12.8 Å². The Balaban J connectivity index is 2.45. The molecule has 1 nitrogen and oxygen atoms in total. The third kappa shape index (κ3) is 1.79. The molecular weight excluding hydrogens is 163 g/mol. The molecule has 1 fully saturated rings. The molecule has 1 rings (SSSR count). The second-order valence-corrected chi connectivity index (χ2v) is 3.01. The fraction of sp³-hybridized carbons (Fsp3) is 1.00. The molecule has 10 heavy (non-hydrogen) atoms. The number of hydrogen-bond donors (Lipinski definition) is 1. The minimum atomic E-state index is -4.03. The average molecular weight is 171 g/mol. The molecule has 0 bridgehead atoms. The van der Waals surface area contributed by atoms with Crippen LogP contribution in [0.1, 0.15) is 6.42 Å². The Morgan fingerprint density at radius 2 is 2.00 bits per heavy atom. The number of hydrogen-bond acceptors (Lipinski definition) is 2. The van der Waals surface area contributed by atoms with Gasteiger partial charge in [-0.15, -0.1) is 0 Å². The van der Waals surface area contributed by atoms with Crippen molar-refractivity contribution in [3.8, 4) is 0 Å². The van der Waals surface area contributed by atoms with Crippen molar-refractivity contribution in [3.05, 3.63) is 0 Å². The maximum Gasteiger partial charge on any atom is 0.393 e. The first-order valence-electron chi connectivity index (χ1n) is 3.00. The van der Waals surface area contributed by atoms with Crippen molar-refractivity contribution in [2.45, 2.75) is 12.6 Å². The van der Waals surface area contributed by atoms with Crippen molar-refractivity contribution in [2.24, 2.45) is 5.92 Å². The van der Waals surface area contributed by atoms with E-state index in [1.165, 1.54) is 4.31 Å². The van der Waals surface area contributed by atoms with Crippen LogP contribution in [0.25, 0.3) is 0 Å². The Morgan fingerprint density at radius 3 is 2.20 bits per heavy atom. The van der Waals surface area contributed by atoms with Gasteiger partial charge in [0.15, 0.2) is 0 Å². The molecule has 0 aromatic carbocycles. The number of rotatable bonds is 0. The van der Waals surface area contributed by atoms with Gasteiger partial charge in [0.25, 0.3) is 0 Å². The van der Waals surface area contributed by atoms with Gasteiger partial charge >= 0.3 is 6.18 Å². The summed E-state index contributed by atoms with van der Waals surface area (Å²) < 4.78 is 37.0. The zero-order valence-corrected chi connectivity index (χ0v) is 6.12. The monoisotopic (exact) mass is 171 g/mol. The van der Waals surface area contributed by atoms with Gasteiger partial charge in [0, 0.05) is 13.1 Å². The standard InChI is InChI=1S/C5H8F3NS/c6-5(7,8)4-1-2-9(10)3-4/h4,10H,1-3H2. The summed E-state index contributed by atoms with van der Waals surface area (Å²) in [5, 5.41) is 0. The lowest BCUT2D eigenvalue weighted by atomic mass is 10.1. The molecule has 0 radical (unpaired) electrons. The van der Waals surface area contributed by atoms with E-state index in [0.29, 0.717) is 6.54 Å². The molecule has 1 heterocycles. The van der Waals surface area contributed by atoms with E-state index in [9.17, 15) is 13.2 Å². The summed E-state index contributed by atoms with van der Waals surface area (Å²) in [5.74, 6) is -1.16. The van der Waals surface area contributed by atoms with E-state index in [2.05, 4.69) is 12.8 Å². The molecule has 1 unspecified atom stereocenters. The zero-order chi connectivity index (χ0) is 7.78. The lowest BCUT2D eigenvalue weighted by Crippen LogP contribution is -2.24. The second-order valence-electron chi connectivity index (χ2n) is 2.44. The number of halogens is 3. The fourth-order valence-corrected chi connectivity index (χ4v) is 1.32. The molecule has 0 amide bonds. The van der Waals surface area contributed by atoms with E-state index >= 15 is 0 Å². The smallest absolute Gasteiger partial charge is 0.253 e. The molecule has 0 aromatic rings. The highest BCUT2D eigenvalue weighted by atomic mass is 32.1. The van der Waals surface area contributed by atoms with Crippen LogP contribution in [-0.4, -0.2) is 23.6 Å². The van der Waals surface area contributed by atoms with Crippen LogP contribution in [0, 0.1) is 5.92 Å². The highest BCUT2D eigenvalue weighted by Crippen LogP contribution is 2.33. The molecule has 1 aliphatic rings. The summed E-state index contributed by atoms with van der Waals surface area (Å²) in [5.41, 5.74) is 0. The Morgan fingerprint density at radius 1 is 1.40 bits per heavy atom. The second kappa shape index (κ2) is 2.62. The minimum absolute atomic E-state index is 0.0343. The average Bonchev–Trinajstić information content (AvgIpc) is 2.11. The maximum absolute atomic E-state index is 11.9. The van der Waals surface area contributed by atoms with Crippen molar-refractivity contribution in [2.75, 3.05) is 13.1 Å². The predicted octanol–water partition coefficient (Wildman–Crippen LogP) is 1.72. The van der Waals surface area contributed by atoms with Gasteiger partial charge in [0.05, 0.1) is 5.92 Å². The molecule has 5 heteroatoms. The Hall–Kier alpha value is 0.100. The molecule has 60 valence electrons. The molecule has 1 atom stereocenters. The van der Waals surface area contributed by atoms with E-state index in [4.69, 9.17) is 0 Å². The van der Waals surface area contributed by atoms with Crippen molar-refractivity contribution in [3.63, 3.8) is 0 Å². The molecule has 0 aromatic heterocycles. The van der Waals surface area contributed by atoms with Gasteiger partial charge in [0.2, 0.25) is 0 Å². The van der Waals surface area contributed by atoms with Crippen LogP contribution in [0.3, 0.4) is 0 Å². The predicted molar refractivity (Wildman–Crippen MR) is 34.7 cm³/mol. The van der Waals surface area contributed by atoms with E-state index in [1.807, 2.05) is 0 Å². The number of nitrogens with zero attached hydrogens (tertiary/aromatic N) is 1. The van der Waals surface area contributed by atoms with Crippen LogP contribution in [0.5, 0.6) is 0 Å². The summed E-state index contributed by atoms with van der Waals surface area (Å²) >= 11 is 3.82. The van der Waals surface area contributed by atoms with Crippen molar-refractivity contribution in [1.82, 2.24) is 4.31 Å². The molecule has 0 N–H and O–H groups in total. The number of alkyl halides is 3. The highest BCUT2D eigenvalue weighted by molar-refractivity contribution is 7.77. The van der Waals surface area contributed by atoms with E-state index < -0.39 is 12.1 Å². The summed E-state index contributed by atoms with van der Waals surface area (Å²) in [7, 11) is 0. The molecule has 0 aliphatic carbocycles. The summed E-state index contributed by atoms with van der Waals surface area (Å²) in [6.07, 6.45) is -3.84. The SMILES string of the molecule is FC(F)(F)C1CCN(S)C1.